The number of hydrogen-bond acceptors (Lipinski definition) is 5. The Labute approximate surface area is 165 Å². The second-order valence-electron chi connectivity index (χ2n) is 6.56. The average molecular weight is 394 g/mol. The minimum Gasteiger partial charge on any atom is -0.490 e. The van der Waals surface area contributed by atoms with E-state index in [0.717, 1.165) is 0 Å². The van der Waals surface area contributed by atoms with Gasteiger partial charge in [0.25, 0.3) is 0 Å². The van der Waals surface area contributed by atoms with Gasteiger partial charge in [0.1, 0.15) is 11.6 Å². The third-order valence-corrected chi connectivity index (χ3v) is 4.01. The molecule has 0 aliphatic rings. The standard InChI is InChI=1S/C20H30N2O6/c1-6-27-15-9-8-14(16(20(25)26)18(15)28-7-2)10-11-21-19(24)17(12(3)4)22-13(5)23/h8-9,12,17H,6-7,10-11H2,1-5H3,(H,21,24)(H,22,23)(H,25,26)/t17-/m0/s1. The van der Waals surface area contributed by atoms with Gasteiger partial charge in [-0.25, -0.2) is 4.79 Å². The van der Waals surface area contributed by atoms with Crippen LogP contribution in [0.15, 0.2) is 12.1 Å². The second kappa shape index (κ2) is 11.2. The third kappa shape index (κ3) is 6.44. The lowest BCUT2D eigenvalue weighted by Crippen LogP contribution is -2.49. The molecule has 0 aliphatic carbocycles. The molecule has 0 unspecified atom stereocenters. The molecule has 0 saturated heterocycles. The molecule has 0 saturated carbocycles. The highest BCUT2D eigenvalue weighted by Gasteiger charge is 2.24. The van der Waals surface area contributed by atoms with E-state index in [4.69, 9.17) is 9.47 Å². The number of nitrogens with one attached hydrogen (secondary N) is 2. The maximum atomic E-state index is 12.4. The number of hydrogen-bond donors (Lipinski definition) is 3. The van der Waals surface area contributed by atoms with Crippen LogP contribution in [0.1, 0.15) is 50.5 Å². The Kier molecular flexibility index (Phi) is 9.27. The van der Waals surface area contributed by atoms with Gasteiger partial charge in [0.15, 0.2) is 11.5 Å². The largest absolute Gasteiger partial charge is 0.490 e. The van der Waals surface area contributed by atoms with E-state index in [0.29, 0.717) is 30.9 Å². The van der Waals surface area contributed by atoms with Crippen molar-refractivity contribution in [3.8, 4) is 11.5 Å². The molecule has 2 amide bonds. The fourth-order valence-corrected chi connectivity index (χ4v) is 2.79. The van der Waals surface area contributed by atoms with Crippen LogP contribution < -0.4 is 20.1 Å². The molecule has 156 valence electrons. The van der Waals surface area contributed by atoms with Crippen molar-refractivity contribution < 1.29 is 29.0 Å². The first-order chi connectivity index (χ1) is 13.2. The first-order valence-corrected chi connectivity index (χ1v) is 9.42. The molecular weight excluding hydrogens is 364 g/mol. The molecule has 3 N–H and O–H groups in total. The SMILES string of the molecule is CCOc1ccc(CCNC(=O)[C@@H](NC(C)=O)C(C)C)c(C(=O)O)c1OCC. The Balaban J connectivity index is 2.96. The van der Waals surface area contributed by atoms with Gasteiger partial charge in [-0.05, 0) is 37.8 Å². The molecule has 1 atom stereocenters. The van der Waals surface area contributed by atoms with Gasteiger partial charge in [-0.3, -0.25) is 9.59 Å². The first-order valence-electron chi connectivity index (χ1n) is 9.42. The summed E-state index contributed by atoms with van der Waals surface area (Å²) in [6, 6.07) is 2.69. The van der Waals surface area contributed by atoms with Crippen LogP contribution in [-0.2, 0) is 16.0 Å². The molecule has 0 spiro atoms. The summed E-state index contributed by atoms with van der Waals surface area (Å²) < 4.78 is 11.0. The van der Waals surface area contributed by atoms with E-state index in [1.165, 1.54) is 6.92 Å². The van der Waals surface area contributed by atoms with Gasteiger partial charge < -0.3 is 25.2 Å². The molecule has 1 aromatic rings. The number of ether oxygens (including phenoxy) is 2. The van der Waals surface area contributed by atoms with E-state index >= 15 is 0 Å². The van der Waals surface area contributed by atoms with Crippen LogP contribution in [0.4, 0.5) is 0 Å². The van der Waals surface area contributed by atoms with E-state index < -0.39 is 12.0 Å². The van der Waals surface area contributed by atoms with E-state index in [9.17, 15) is 19.5 Å². The van der Waals surface area contributed by atoms with Crippen LogP contribution in [0, 0.1) is 5.92 Å². The first kappa shape index (κ1) is 23.3. The Morgan fingerprint density at radius 2 is 1.75 bits per heavy atom. The third-order valence-electron chi connectivity index (χ3n) is 4.01. The highest BCUT2D eigenvalue weighted by Crippen LogP contribution is 2.34. The van der Waals surface area contributed by atoms with Gasteiger partial charge in [-0.1, -0.05) is 19.9 Å². The highest BCUT2D eigenvalue weighted by molar-refractivity contribution is 5.94. The summed E-state index contributed by atoms with van der Waals surface area (Å²) in [5, 5.41) is 15.0. The van der Waals surface area contributed by atoms with Crippen LogP contribution in [0.5, 0.6) is 11.5 Å². The fraction of sp³-hybridized carbons (Fsp3) is 0.550. The molecule has 0 radical (unpaired) electrons. The van der Waals surface area contributed by atoms with Gasteiger partial charge >= 0.3 is 5.97 Å². The minimum atomic E-state index is -1.12. The van der Waals surface area contributed by atoms with Gasteiger partial charge in [0, 0.05) is 13.5 Å². The number of amides is 2. The molecule has 0 bridgehead atoms. The topological polar surface area (TPSA) is 114 Å². The summed E-state index contributed by atoms with van der Waals surface area (Å²) in [4.78, 5) is 35.5. The van der Waals surface area contributed by atoms with Crippen LogP contribution >= 0.6 is 0 Å². The maximum absolute atomic E-state index is 12.4. The van der Waals surface area contributed by atoms with E-state index in [1.807, 2.05) is 13.8 Å². The number of benzene rings is 1. The van der Waals surface area contributed by atoms with Gasteiger partial charge in [0.05, 0.1) is 13.2 Å². The Morgan fingerprint density at radius 1 is 1.11 bits per heavy atom. The zero-order valence-electron chi connectivity index (χ0n) is 17.1. The summed E-state index contributed by atoms with van der Waals surface area (Å²) in [6.07, 6.45) is 0.296. The number of rotatable bonds is 11. The lowest BCUT2D eigenvalue weighted by molar-refractivity contribution is -0.129. The maximum Gasteiger partial charge on any atom is 0.339 e. The van der Waals surface area contributed by atoms with Crippen molar-refractivity contribution in [3.63, 3.8) is 0 Å². The summed E-state index contributed by atoms with van der Waals surface area (Å²) in [7, 11) is 0. The average Bonchev–Trinajstić information content (AvgIpc) is 2.61. The fourth-order valence-electron chi connectivity index (χ4n) is 2.79. The smallest absolute Gasteiger partial charge is 0.339 e. The predicted octanol–water partition coefficient (Wildman–Crippen LogP) is 2.00. The van der Waals surface area contributed by atoms with Crippen molar-refractivity contribution in [1.82, 2.24) is 10.6 Å². The van der Waals surface area contributed by atoms with Crippen molar-refractivity contribution >= 4 is 17.8 Å². The zero-order chi connectivity index (χ0) is 21.3. The van der Waals surface area contributed by atoms with Crippen molar-refractivity contribution in [1.29, 1.82) is 0 Å². The van der Waals surface area contributed by atoms with Crippen LogP contribution in [0.2, 0.25) is 0 Å². The number of carboxylic acid groups (broad SMARTS) is 1. The number of carboxylic acids is 1. The van der Waals surface area contributed by atoms with E-state index in [1.54, 1.807) is 26.0 Å². The van der Waals surface area contributed by atoms with Crippen molar-refractivity contribution in [2.24, 2.45) is 5.92 Å². The van der Waals surface area contributed by atoms with Gasteiger partial charge in [0.2, 0.25) is 11.8 Å². The molecule has 8 heteroatoms. The lowest BCUT2D eigenvalue weighted by Gasteiger charge is -2.21. The van der Waals surface area contributed by atoms with Gasteiger partial charge in [-0.2, -0.15) is 0 Å². The van der Waals surface area contributed by atoms with Crippen molar-refractivity contribution in [2.75, 3.05) is 19.8 Å². The summed E-state index contributed by atoms with van der Waals surface area (Å²) in [5.41, 5.74) is 0.560. The molecule has 0 heterocycles. The Hall–Kier alpha value is -2.77. The van der Waals surface area contributed by atoms with Gasteiger partial charge in [-0.15, -0.1) is 0 Å². The van der Waals surface area contributed by atoms with Crippen molar-refractivity contribution in [2.45, 2.75) is 47.1 Å². The summed E-state index contributed by atoms with van der Waals surface area (Å²) in [6.45, 7) is 9.51. The van der Waals surface area contributed by atoms with Crippen LogP contribution in [0.25, 0.3) is 0 Å². The monoisotopic (exact) mass is 394 g/mol. The second-order valence-corrected chi connectivity index (χ2v) is 6.56. The number of carbonyl (C=O) groups is 3. The number of carbonyl (C=O) groups excluding carboxylic acids is 2. The molecule has 0 aromatic heterocycles. The summed E-state index contributed by atoms with van der Waals surface area (Å²) in [5.74, 6) is -1.22. The van der Waals surface area contributed by atoms with Crippen molar-refractivity contribution in [3.05, 3.63) is 23.3 Å². The molecular formula is C20H30N2O6. The minimum absolute atomic E-state index is 0.0318. The Morgan fingerprint density at radius 3 is 2.25 bits per heavy atom. The van der Waals surface area contributed by atoms with Crippen LogP contribution in [0.3, 0.4) is 0 Å². The molecule has 1 aromatic carbocycles. The molecule has 28 heavy (non-hydrogen) atoms. The normalized spacial score (nSPS) is 11.6. The van der Waals surface area contributed by atoms with E-state index in [2.05, 4.69) is 10.6 Å². The summed E-state index contributed by atoms with van der Waals surface area (Å²) >= 11 is 0. The van der Waals surface area contributed by atoms with Crippen LogP contribution in [-0.4, -0.2) is 48.7 Å². The quantitative estimate of drug-likeness (QED) is 0.529. The number of aromatic carboxylic acids is 1. The molecule has 0 aliphatic heterocycles. The predicted molar refractivity (Wildman–Crippen MR) is 105 cm³/mol. The Bertz CT molecular complexity index is 702. The highest BCUT2D eigenvalue weighted by atomic mass is 16.5. The molecule has 8 nitrogen and oxygen atoms in total. The lowest BCUT2D eigenvalue weighted by atomic mass is 10.0. The molecule has 1 rings (SSSR count). The zero-order valence-corrected chi connectivity index (χ0v) is 17.1. The van der Waals surface area contributed by atoms with E-state index in [-0.39, 0.29) is 35.6 Å². The molecule has 0 fully saturated rings.